The molecule has 0 aliphatic rings. The Labute approximate surface area is 154 Å². The van der Waals surface area contributed by atoms with Crippen LogP contribution in [-0.2, 0) is 6.42 Å². The predicted octanol–water partition coefficient (Wildman–Crippen LogP) is 3.99. The molecule has 0 radical (unpaired) electrons. The monoisotopic (exact) mass is 350 g/mol. The van der Waals surface area contributed by atoms with E-state index in [1.807, 2.05) is 30.5 Å². The lowest BCUT2D eigenvalue weighted by Crippen LogP contribution is -2.25. The van der Waals surface area contributed by atoms with Crippen molar-refractivity contribution in [3.8, 4) is 0 Å². The number of hydrogen-bond acceptors (Lipinski definition) is 3. The summed E-state index contributed by atoms with van der Waals surface area (Å²) in [6.45, 7) is 5.87. The number of aromatic amines is 1. The minimum Gasteiger partial charge on any atom is -0.370 e. The summed E-state index contributed by atoms with van der Waals surface area (Å²) in [6.07, 6.45) is 5.52. The van der Waals surface area contributed by atoms with Gasteiger partial charge in [-0.25, -0.2) is 4.98 Å². The molecule has 3 N–H and O–H groups in total. The summed E-state index contributed by atoms with van der Waals surface area (Å²) in [5.41, 5.74) is 2.92. The van der Waals surface area contributed by atoms with E-state index in [1.165, 1.54) is 10.9 Å². The van der Waals surface area contributed by atoms with Crippen molar-refractivity contribution < 1.29 is 4.79 Å². The molecule has 1 amide bonds. The maximum absolute atomic E-state index is 12.3. The van der Waals surface area contributed by atoms with Gasteiger partial charge < -0.3 is 15.6 Å². The summed E-state index contributed by atoms with van der Waals surface area (Å²) in [6, 6.07) is 11.9. The molecule has 2 heterocycles. The highest BCUT2D eigenvalue weighted by Gasteiger charge is 2.07. The van der Waals surface area contributed by atoms with Crippen LogP contribution in [0, 0.1) is 5.92 Å². The van der Waals surface area contributed by atoms with Crippen LogP contribution in [-0.4, -0.2) is 29.0 Å². The average Bonchev–Trinajstić information content (AvgIpc) is 3.05. The Morgan fingerprint density at radius 2 is 2.00 bits per heavy atom. The SMILES string of the molecule is CC(C)CCNc1ccc(C(=O)NCCc2c[nH]c3ccccc23)cn1. The normalized spacial score (nSPS) is 11.0. The number of H-pyrrole nitrogens is 1. The Kier molecular flexibility index (Phi) is 5.89. The van der Waals surface area contributed by atoms with E-state index in [-0.39, 0.29) is 5.91 Å². The van der Waals surface area contributed by atoms with E-state index < -0.39 is 0 Å². The number of para-hydroxylation sites is 1. The molecule has 0 aliphatic carbocycles. The van der Waals surface area contributed by atoms with Gasteiger partial charge in [-0.3, -0.25) is 4.79 Å². The number of aromatic nitrogens is 2. The number of carbonyl (C=O) groups excluding carboxylic acids is 1. The van der Waals surface area contributed by atoms with Gasteiger partial charge in [0.1, 0.15) is 5.82 Å². The molecule has 26 heavy (non-hydrogen) atoms. The number of hydrogen-bond donors (Lipinski definition) is 3. The summed E-state index contributed by atoms with van der Waals surface area (Å²) in [4.78, 5) is 19.8. The van der Waals surface area contributed by atoms with Crippen LogP contribution in [0.15, 0.2) is 48.8 Å². The molecule has 0 fully saturated rings. The Morgan fingerprint density at radius 3 is 2.77 bits per heavy atom. The van der Waals surface area contributed by atoms with Gasteiger partial charge in [-0.15, -0.1) is 0 Å². The molecule has 0 spiro atoms. The van der Waals surface area contributed by atoms with Crippen LogP contribution in [0.25, 0.3) is 10.9 Å². The van der Waals surface area contributed by atoms with E-state index in [2.05, 4.69) is 46.6 Å². The van der Waals surface area contributed by atoms with Crippen molar-refractivity contribution in [3.05, 3.63) is 59.9 Å². The smallest absolute Gasteiger partial charge is 0.252 e. The standard InChI is InChI=1S/C21H26N4O/c1-15(2)9-11-22-20-8-7-17(14-25-20)21(26)23-12-10-16-13-24-19-6-4-3-5-18(16)19/h3-8,13-15,24H,9-12H2,1-2H3,(H,22,25)(H,23,26). The second kappa shape index (κ2) is 8.52. The van der Waals surface area contributed by atoms with Crippen molar-refractivity contribution in [1.82, 2.24) is 15.3 Å². The number of pyridine rings is 1. The Hall–Kier alpha value is -2.82. The molecule has 0 aliphatic heterocycles. The number of nitrogens with zero attached hydrogens (tertiary/aromatic N) is 1. The first-order valence-electron chi connectivity index (χ1n) is 9.16. The molecular weight excluding hydrogens is 324 g/mol. The van der Waals surface area contributed by atoms with Crippen LogP contribution in [0.5, 0.6) is 0 Å². The molecule has 0 bridgehead atoms. The van der Waals surface area contributed by atoms with Gasteiger partial charge in [-0.2, -0.15) is 0 Å². The van der Waals surface area contributed by atoms with E-state index in [1.54, 1.807) is 6.20 Å². The van der Waals surface area contributed by atoms with E-state index in [4.69, 9.17) is 0 Å². The van der Waals surface area contributed by atoms with Crippen LogP contribution in [0.3, 0.4) is 0 Å². The maximum Gasteiger partial charge on any atom is 0.252 e. The molecule has 0 atom stereocenters. The van der Waals surface area contributed by atoms with Crippen molar-refractivity contribution in [2.75, 3.05) is 18.4 Å². The summed E-state index contributed by atoms with van der Waals surface area (Å²) < 4.78 is 0. The van der Waals surface area contributed by atoms with E-state index in [0.717, 1.165) is 30.7 Å². The van der Waals surface area contributed by atoms with Crippen LogP contribution in [0.2, 0.25) is 0 Å². The fourth-order valence-corrected chi connectivity index (χ4v) is 2.87. The Bertz CT molecular complexity index is 852. The van der Waals surface area contributed by atoms with Gasteiger partial charge in [-0.1, -0.05) is 32.0 Å². The number of anilines is 1. The highest BCUT2D eigenvalue weighted by atomic mass is 16.1. The molecule has 0 saturated heterocycles. The molecule has 0 unspecified atom stereocenters. The van der Waals surface area contributed by atoms with Crippen molar-refractivity contribution >= 4 is 22.6 Å². The Morgan fingerprint density at radius 1 is 1.15 bits per heavy atom. The highest BCUT2D eigenvalue weighted by Crippen LogP contribution is 2.17. The van der Waals surface area contributed by atoms with Crippen molar-refractivity contribution in [2.24, 2.45) is 5.92 Å². The summed E-state index contributed by atoms with van der Waals surface area (Å²) >= 11 is 0. The fraction of sp³-hybridized carbons (Fsp3) is 0.333. The molecule has 5 heteroatoms. The topological polar surface area (TPSA) is 69.8 Å². The lowest BCUT2D eigenvalue weighted by atomic mass is 10.1. The molecule has 1 aromatic carbocycles. The number of amides is 1. The van der Waals surface area contributed by atoms with Gasteiger partial charge in [0.15, 0.2) is 0 Å². The third-order valence-corrected chi connectivity index (χ3v) is 4.41. The first-order chi connectivity index (χ1) is 12.6. The molecular formula is C21H26N4O. The number of nitrogens with one attached hydrogen (secondary N) is 3. The minimum absolute atomic E-state index is 0.0916. The largest absolute Gasteiger partial charge is 0.370 e. The minimum atomic E-state index is -0.0916. The number of fused-ring (bicyclic) bond motifs is 1. The molecule has 136 valence electrons. The van der Waals surface area contributed by atoms with E-state index in [9.17, 15) is 4.79 Å². The zero-order valence-electron chi connectivity index (χ0n) is 15.4. The summed E-state index contributed by atoms with van der Waals surface area (Å²) in [7, 11) is 0. The second-order valence-electron chi connectivity index (χ2n) is 6.91. The fourth-order valence-electron chi connectivity index (χ4n) is 2.87. The Balaban J connectivity index is 1.48. The van der Waals surface area contributed by atoms with Gasteiger partial charge in [0.25, 0.3) is 5.91 Å². The zero-order chi connectivity index (χ0) is 18.4. The third kappa shape index (κ3) is 4.63. The van der Waals surface area contributed by atoms with Crippen LogP contribution < -0.4 is 10.6 Å². The first kappa shape index (κ1) is 18.0. The van der Waals surface area contributed by atoms with E-state index >= 15 is 0 Å². The molecule has 5 nitrogen and oxygen atoms in total. The van der Waals surface area contributed by atoms with Gasteiger partial charge in [0.05, 0.1) is 5.56 Å². The van der Waals surface area contributed by atoms with Gasteiger partial charge in [0, 0.05) is 36.4 Å². The number of benzene rings is 1. The van der Waals surface area contributed by atoms with Crippen molar-refractivity contribution in [2.45, 2.75) is 26.7 Å². The van der Waals surface area contributed by atoms with E-state index in [0.29, 0.717) is 18.0 Å². The van der Waals surface area contributed by atoms with Gasteiger partial charge >= 0.3 is 0 Å². The second-order valence-corrected chi connectivity index (χ2v) is 6.91. The number of carbonyl (C=O) groups is 1. The lowest BCUT2D eigenvalue weighted by molar-refractivity contribution is 0.0954. The molecule has 0 saturated carbocycles. The quantitative estimate of drug-likeness (QED) is 0.575. The molecule has 3 rings (SSSR count). The van der Waals surface area contributed by atoms with Crippen LogP contribution in [0.4, 0.5) is 5.82 Å². The lowest BCUT2D eigenvalue weighted by Gasteiger charge is -2.08. The highest BCUT2D eigenvalue weighted by molar-refractivity contribution is 5.94. The van der Waals surface area contributed by atoms with Crippen molar-refractivity contribution in [1.29, 1.82) is 0 Å². The zero-order valence-corrected chi connectivity index (χ0v) is 15.4. The van der Waals surface area contributed by atoms with Crippen molar-refractivity contribution in [3.63, 3.8) is 0 Å². The third-order valence-electron chi connectivity index (χ3n) is 4.41. The van der Waals surface area contributed by atoms with Crippen LogP contribution in [0.1, 0.15) is 36.2 Å². The predicted molar refractivity (Wildman–Crippen MR) is 107 cm³/mol. The first-order valence-corrected chi connectivity index (χ1v) is 9.16. The summed E-state index contributed by atoms with van der Waals surface area (Å²) in [5.74, 6) is 1.37. The number of rotatable bonds is 8. The van der Waals surface area contributed by atoms with Crippen LogP contribution >= 0.6 is 0 Å². The van der Waals surface area contributed by atoms with Gasteiger partial charge in [0.2, 0.25) is 0 Å². The average molecular weight is 350 g/mol. The molecule has 3 aromatic rings. The van der Waals surface area contributed by atoms with Gasteiger partial charge in [-0.05, 0) is 42.5 Å². The molecule has 2 aromatic heterocycles. The maximum atomic E-state index is 12.3. The summed E-state index contributed by atoms with van der Waals surface area (Å²) in [5, 5.41) is 7.45.